The molecule has 8 heteroatoms. The molecule has 1 heterocycles. The first-order valence-electron chi connectivity index (χ1n) is 12.6. The Kier molecular flexibility index (Phi) is 10.2. The molecule has 1 aromatic carbocycles. The van der Waals surface area contributed by atoms with Crippen LogP contribution < -0.4 is 0 Å². The number of piperidine rings is 1. The van der Waals surface area contributed by atoms with Gasteiger partial charge in [-0.05, 0) is 113 Å². The second-order valence-electron chi connectivity index (χ2n) is 10.0. The highest BCUT2D eigenvalue weighted by Crippen LogP contribution is 2.32. The number of hydrogen-bond donors (Lipinski definition) is 0. The van der Waals surface area contributed by atoms with E-state index >= 15 is 0 Å². The molecular weight excluding hydrogens is 505 g/mol. The van der Waals surface area contributed by atoms with Gasteiger partial charge in [0.05, 0.1) is 0 Å². The monoisotopic (exact) mass is 545 g/mol. The normalized spacial score (nSPS) is 23.5. The van der Waals surface area contributed by atoms with Crippen LogP contribution in [0.25, 0.3) is 0 Å². The van der Waals surface area contributed by atoms with E-state index < -0.39 is 10.2 Å². The molecule has 33 heavy (non-hydrogen) atoms. The number of nitrogens with zero attached hydrogens (tertiary/aromatic N) is 3. The third-order valence-electron chi connectivity index (χ3n) is 7.60. The van der Waals surface area contributed by atoms with Crippen molar-refractivity contribution < 1.29 is 12.8 Å². The number of likely N-dealkylation sites (tertiary alicyclic amines) is 1. The van der Waals surface area contributed by atoms with Gasteiger partial charge in [-0.2, -0.15) is 17.0 Å². The fourth-order valence-corrected chi connectivity index (χ4v) is 7.31. The summed E-state index contributed by atoms with van der Waals surface area (Å²) in [4.78, 5) is 2.59. The molecule has 5 nitrogen and oxygen atoms in total. The highest BCUT2D eigenvalue weighted by Gasteiger charge is 2.33. The van der Waals surface area contributed by atoms with Crippen molar-refractivity contribution in [1.29, 1.82) is 0 Å². The third kappa shape index (κ3) is 7.47. The largest absolute Gasteiger partial charge is 0.303 e. The number of benzene rings is 1. The van der Waals surface area contributed by atoms with Crippen LogP contribution in [0.15, 0.2) is 22.7 Å². The van der Waals surface area contributed by atoms with E-state index in [-0.39, 0.29) is 11.9 Å². The molecule has 0 bridgehead atoms. The first-order chi connectivity index (χ1) is 15.7. The number of rotatable bonds is 10. The molecule has 0 atom stereocenters. The number of hydrogen-bond acceptors (Lipinski definition) is 3. The van der Waals surface area contributed by atoms with E-state index in [9.17, 15) is 12.8 Å². The van der Waals surface area contributed by atoms with Crippen molar-refractivity contribution in [2.75, 3.05) is 40.3 Å². The molecule has 0 aromatic heterocycles. The molecule has 3 rings (SSSR count). The van der Waals surface area contributed by atoms with Gasteiger partial charge in [0.2, 0.25) is 0 Å². The Morgan fingerprint density at radius 3 is 2.33 bits per heavy atom. The van der Waals surface area contributed by atoms with E-state index in [0.29, 0.717) is 12.5 Å². The van der Waals surface area contributed by atoms with Crippen LogP contribution in [0.1, 0.15) is 63.9 Å². The van der Waals surface area contributed by atoms with Gasteiger partial charge in [-0.15, -0.1) is 0 Å². The second-order valence-corrected chi connectivity index (χ2v) is 13.0. The minimum absolute atomic E-state index is 0.149. The van der Waals surface area contributed by atoms with E-state index in [1.807, 2.05) is 13.0 Å². The van der Waals surface area contributed by atoms with Crippen LogP contribution in [-0.2, 0) is 16.6 Å². The van der Waals surface area contributed by atoms with E-state index in [2.05, 4.69) is 20.8 Å². The van der Waals surface area contributed by atoms with Crippen LogP contribution in [0.2, 0.25) is 0 Å². The zero-order valence-corrected chi connectivity index (χ0v) is 22.9. The first kappa shape index (κ1) is 27.1. The lowest BCUT2D eigenvalue weighted by Gasteiger charge is -2.37. The summed E-state index contributed by atoms with van der Waals surface area (Å²) in [7, 11) is -0.0922. The summed E-state index contributed by atoms with van der Waals surface area (Å²) in [6.07, 6.45) is 10.0. The van der Waals surface area contributed by atoms with Gasteiger partial charge in [0.15, 0.2) is 0 Å². The Balaban J connectivity index is 1.34. The Morgan fingerprint density at radius 1 is 1.06 bits per heavy atom. The van der Waals surface area contributed by atoms with Crippen LogP contribution in [-0.4, -0.2) is 68.2 Å². The summed E-state index contributed by atoms with van der Waals surface area (Å²) in [5.41, 5.74) is 1.09. The molecule has 2 aliphatic rings. The molecule has 0 radical (unpaired) electrons. The van der Waals surface area contributed by atoms with Crippen molar-refractivity contribution >= 4 is 26.1 Å². The molecule has 0 spiro atoms. The predicted molar refractivity (Wildman–Crippen MR) is 137 cm³/mol. The minimum atomic E-state index is -3.33. The lowest BCUT2D eigenvalue weighted by molar-refractivity contribution is 0.168. The average Bonchev–Trinajstić information content (AvgIpc) is 2.79. The van der Waals surface area contributed by atoms with Gasteiger partial charge in [-0.1, -0.05) is 22.9 Å². The lowest BCUT2D eigenvalue weighted by atomic mass is 9.83. The smallest absolute Gasteiger partial charge is 0.281 e. The van der Waals surface area contributed by atoms with Crippen LogP contribution in [0, 0.1) is 17.7 Å². The van der Waals surface area contributed by atoms with Crippen molar-refractivity contribution in [3.63, 3.8) is 0 Å². The molecule has 0 amide bonds. The number of halogens is 2. The fourth-order valence-electron chi connectivity index (χ4n) is 5.57. The van der Waals surface area contributed by atoms with Gasteiger partial charge < -0.3 is 4.90 Å². The molecule has 2 fully saturated rings. The van der Waals surface area contributed by atoms with E-state index in [0.717, 1.165) is 67.7 Å². The van der Waals surface area contributed by atoms with E-state index in [1.54, 1.807) is 24.5 Å². The Hall–Kier alpha value is -0.540. The fraction of sp³-hybridized carbons (Fsp3) is 0.760. The van der Waals surface area contributed by atoms with Gasteiger partial charge in [-0.25, -0.2) is 4.39 Å². The topological polar surface area (TPSA) is 43.9 Å². The maximum atomic E-state index is 13.6. The van der Waals surface area contributed by atoms with Gasteiger partial charge >= 0.3 is 0 Å². The Morgan fingerprint density at radius 2 is 1.73 bits per heavy atom. The van der Waals surface area contributed by atoms with Gasteiger partial charge in [0.25, 0.3) is 10.2 Å². The molecule has 188 valence electrons. The van der Waals surface area contributed by atoms with Crippen molar-refractivity contribution in [1.82, 2.24) is 13.5 Å². The van der Waals surface area contributed by atoms with Crippen molar-refractivity contribution in [2.45, 2.75) is 70.8 Å². The molecule has 1 aliphatic heterocycles. The van der Waals surface area contributed by atoms with Gasteiger partial charge in [0.1, 0.15) is 5.82 Å². The van der Waals surface area contributed by atoms with Crippen molar-refractivity contribution in [2.24, 2.45) is 11.8 Å². The van der Waals surface area contributed by atoms with Crippen molar-refractivity contribution in [3.8, 4) is 0 Å². The Bertz CT molecular complexity index is 851. The van der Waals surface area contributed by atoms with Gasteiger partial charge in [0, 0.05) is 31.2 Å². The second kappa shape index (κ2) is 12.4. The third-order valence-corrected chi connectivity index (χ3v) is 10.4. The molecule has 1 aromatic rings. The minimum Gasteiger partial charge on any atom is -0.303 e. The van der Waals surface area contributed by atoms with Crippen molar-refractivity contribution in [3.05, 3.63) is 34.1 Å². The van der Waals surface area contributed by atoms with Crippen LogP contribution in [0.5, 0.6) is 0 Å². The van der Waals surface area contributed by atoms with Crippen LogP contribution >= 0.6 is 15.9 Å². The molecule has 0 N–H and O–H groups in total. The van der Waals surface area contributed by atoms with Crippen LogP contribution in [0.3, 0.4) is 0 Å². The van der Waals surface area contributed by atoms with Gasteiger partial charge in [-0.3, -0.25) is 0 Å². The summed E-state index contributed by atoms with van der Waals surface area (Å²) in [5, 5.41) is 0. The highest BCUT2D eigenvalue weighted by atomic mass is 79.9. The maximum absolute atomic E-state index is 13.6. The molecule has 1 saturated heterocycles. The Labute approximate surface area is 209 Å². The highest BCUT2D eigenvalue weighted by molar-refractivity contribution is 9.10. The summed E-state index contributed by atoms with van der Waals surface area (Å²) >= 11 is 3.56. The SMILES string of the molecule is CCN(C1CCC(CCCN2CCC(Cc3cc(F)ccc3Br)CC2)CC1)S(=O)(=O)N(C)C. The van der Waals surface area contributed by atoms with Crippen LogP contribution in [0.4, 0.5) is 4.39 Å². The maximum Gasteiger partial charge on any atom is 0.281 e. The zero-order valence-electron chi connectivity index (χ0n) is 20.5. The zero-order chi connectivity index (χ0) is 24.0. The molecule has 1 saturated carbocycles. The summed E-state index contributed by atoms with van der Waals surface area (Å²) < 4.78 is 42.7. The van der Waals surface area contributed by atoms with E-state index in [1.165, 1.54) is 36.1 Å². The first-order valence-corrected chi connectivity index (χ1v) is 14.7. The quantitative estimate of drug-likeness (QED) is 0.400. The summed E-state index contributed by atoms with van der Waals surface area (Å²) in [5.74, 6) is 1.21. The lowest BCUT2D eigenvalue weighted by Crippen LogP contribution is -2.47. The predicted octanol–water partition coefficient (Wildman–Crippen LogP) is 5.31. The molecule has 1 aliphatic carbocycles. The average molecular weight is 547 g/mol. The summed E-state index contributed by atoms with van der Waals surface area (Å²) in [6, 6.07) is 5.14. The standard InChI is InChI=1S/C25H41BrFN3O2S/c1-4-30(33(31,32)28(2)3)24-10-7-20(8-11-24)6-5-15-29-16-13-21(14-17-29)18-22-19-23(27)9-12-25(22)26/h9,12,19-21,24H,4-8,10-11,13-18H2,1-3H3. The summed E-state index contributed by atoms with van der Waals surface area (Å²) in [6.45, 7) is 5.91. The van der Waals surface area contributed by atoms with E-state index in [4.69, 9.17) is 0 Å². The molecular formula is C25H41BrFN3O2S. The molecule has 0 unspecified atom stereocenters.